The van der Waals surface area contributed by atoms with Gasteiger partial charge in [-0.25, -0.2) is 9.97 Å². The van der Waals surface area contributed by atoms with E-state index in [4.69, 9.17) is 14.7 Å². The predicted molar refractivity (Wildman–Crippen MR) is 154 cm³/mol. The van der Waals surface area contributed by atoms with Gasteiger partial charge >= 0.3 is 0 Å². The molecular weight excluding hydrogens is 550 g/mol. The number of hydrogen-bond donors (Lipinski definition) is 0. The first-order valence-corrected chi connectivity index (χ1v) is 17.2. The van der Waals surface area contributed by atoms with Crippen LogP contribution in [0.2, 0.25) is 25.7 Å². The lowest BCUT2D eigenvalue weighted by molar-refractivity contribution is 0.0881. The van der Waals surface area contributed by atoms with Crippen LogP contribution < -0.4 is 0 Å². The van der Waals surface area contributed by atoms with Crippen molar-refractivity contribution in [2.45, 2.75) is 39.3 Å². The minimum Gasteiger partial charge on any atom is -0.361 e. The van der Waals surface area contributed by atoms with Gasteiger partial charge in [0.05, 0.1) is 28.9 Å². The minimum atomic E-state index is -1.16. The molecule has 5 aromatic rings. The lowest BCUT2D eigenvalue weighted by Crippen LogP contribution is -2.22. The van der Waals surface area contributed by atoms with E-state index in [-0.39, 0.29) is 0 Å². The van der Waals surface area contributed by atoms with Crippen LogP contribution in [0.3, 0.4) is 0 Å². The Bertz CT molecular complexity index is 1520. The molecule has 36 heavy (non-hydrogen) atoms. The topological polar surface area (TPSA) is 65.7 Å². The molecule has 0 radical (unpaired) electrons. The highest BCUT2D eigenvalue weighted by Gasteiger charge is 2.18. The van der Waals surface area contributed by atoms with Crippen molar-refractivity contribution in [3.8, 4) is 33.2 Å². The van der Waals surface area contributed by atoms with Crippen LogP contribution in [0.15, 0.2) is 65.0 Å². The van der Waals surface area contributed by atoms with Crippen molar-refractivity contribution in [1.29, 1.82) is 0 Å². The first kappa shape index (κ1) is 24.9. The van der Waals surface area contributed by atoms with Gasteiger partial charge in [-0.05, 0) is 59.2 Å². The van der Waals surface area contributed by atoms with Gasteiger partial charge in [0, 0.05) is 48.5 Å². The van der Waals surface area contributed by atoms with E-state index in [0.29, 0.717) is 6.73 Å². The lowest BCUT2D eigenvalue weighted by atomic mass is 10.0. The van der Waals surface area contributed by atoms with E-state index in [1.54, 1.807) is 11.3 Å². The number of pyridine rings is 2. The van der Waals surface area contributed by atoms with Crippen LogP contribution in [0.5, 0.6) is 0 Å². The monoisotopic (exact) mass is 577 g/mol. The lowest BCUT2D eigenvalue weighted by Gasteiger charge is -2.16. The molecule has 0 spiro atoms. The van der Waals surface area contributed by atoms with Gasteiger partial charge in [0.25, 0.3) is 0 Å². The molecule has 1 aromatic carbocycles. The maximum atomic E-state index is 6.08. The van der Waals surface area contributed by atoms with Crippen LogP contribution in [-0.2, 0) is 11.5 Å². The molecule has 184 valence electrons. The highest BCUT2D eigenvalue weighted by atomic mass is 79.9. The molecule has 0 bridgehead atoms. The summed E-state index contributed by atoms with van der Waals surface area (Å²) in [6.45, 7) is 10.3. The Hall–Kier alpha value is -2.72. The van der Waals surface area contributed by atoms with Gasteiger partial charge in [-0.1, -0.05) is 31.8 Å². The van der Waals surface area contributed by atoms with Crippen LogP contribution in [-0.4, -0.2) is 39.2 Å². The second kappa shape index (κ2) is 10.3. The van der Waals surface area contributed by atoms with Crippen molar-refractivity contribution in [3.05, 3.63) is 70.7 Å². The molecule has 0 fully saturated rings. The van der Waals surface area contributed by atoms with Gasteiger partial charge in [-0.2, -0.15) is 0 Å². The van der Waals surface area contributed by atoms with E-state index in [1.165, 1.54) is 0 Å². The van der Waals surface area contributed by atoms with Gasteiger partial charge in [0.15, 0.2) is 0 Å². The number of aromatic nitrogens is 5. The fourth-order valence-corrected chi connectivity index (χ4v) is 5.95. The molecule has 0 saturated carbocycles. The second-order valence-electron chi connectivity index (χ2n) is 10.0. The maximum Gasteiger partial charge on any atom is 0.126 e. The first-order chi connectivity index (χ1) is 17.3. The fourth-order valence-electron chi connectivity index (χ4n) is 3.96. The van der Waals surface area contributed by atoms with Gasteiger partial charge in [-0.3, -0.25) is 9.97 Å². The number of thiazole rings is 1. The van der Waals surface area contributed by atoms with Crippen LogP contribution in [0.1, 0.15) is 5.69 Å². The van der Waals surface area contributed by atoms with E-state index in [0.717, 1.165) is 67.1 Å². The van der Waals surface area contributed by atoms with Gasteiger partial charge in [0.2, 0.25) is 0 Å². The molecular formula is C27H28BrN5OSSi. The van der Waals surface area contributed by atoms with Crippen molar-refractivity contribution in [1.82, 2.24) is 24.5 Å². The molecule has 0 saturated heterocycles. The van der Waals surface area contributed by atoms with Crippen LogP contribution in [0.25, 0.3) is 44.1 Å². The Morgan fingerprint density at radius 1 is 1.03 bits per heavy atom. The van der Waals surface area contributed by atoms with Crippen LogP contribution in [0, 0.1) is 6.92 Å². The number of ether oxygens (including phenoxy) is 1. The first-order valence-electron chi connectivity index (χ1n) is 11.9. The number of aryl methyl sites for hydroxylation is 1. The van der Waals surface area contributed by atoms with Crippen molar-refractivity contribution in [2.75, 3.05) is 6.61 Å². The number of nitrogens with zero attached hydrogens (tertiary/aromatic N) is 5. The Morgan fingerprint density at radius 3 is 2.61 bits per heavy atom. The summed E-state index contributed by atoms with van der Waals surface area (Å²) in [5, 5.41) is 3.96. The smallest absolute Gasteiger partial charge is 0.126 e. The number of halogens is 1. The van der Waals surface area contributed by atoms with Crippen molar-refractivity contribution in [3.63, 3.8) is 0 Å². The van der Waals surface area contributed by atoms with Gasteiger partial charge in [0.1, 0.15) is 16.3 Å². The highest BCUT2D eigenvalue weighted by Crippen LogP contribution is 2.33. The zero-order chi connectivity index (χ0) is 25.3. The van der Waals surface area contributed by atoms with E-state index >= 15 is 0 Å². The molecule has 6 nitrogen and oxygen atoms in total. The summed E-state index contributed by atoms with van der Waals surface area (Å²) in [5.41, 5.74) is 6.63. The summed E-state index contributed by atoms with van der Waals surface area (Å²) in [5.74, 6) is 0. The molecule has 0 amide bonds. The Labute approximate surface area is 224 Å². The Balaban J connectivity index is 1.53. The molecule has 4 heterocycles. The molecule has 0 aliphatic heterocycles. The third kappa shape index (κ3) is 5.64. The largest absolute Gasteiger partial charge is 0.361 e. The van der Waals surface area contributed by atoms with Crippen LogP contribution >= 0.6 is 27.3 Å². The number of imidazole rings is 1. The van der Waals surface area contributed by atoms with Crippen molar-refractivity contribution < 1.29 is 4.74 Å². The summed E-state index contributed by atoms with van der Waals surface area (Å²) in [7, 11) is -1.16. The maximum absolute atomic E-state index is 6.08. The molecule has 0 aliphatic carbocycles. The summed E-state index contributed by atoms with van der Waals surface area (Å²) in [6.07, 6.45) is 3.73. The van der Waals surface area contributed by atoms with Crippen molar-refractivity contribution >= 4 is 46.2 Å². The molecule has 5 rings (SSSR count). The molecule has 9 heteroatoms. The molecule has 0 unspecified atom stereocenters. The van der Waals surface area contributed by atoms with Gasteiger partial charge in [-0.15, -0.1) is 11.3 Å². The Kier molecular flexibility index (Phi) is 7.16. The normalized spacial score (nSPS) is 11.9. The van der Waals surface area contributed by atoms with Crippen molar-refractivity contribution in [2.24, 2.45) is 0 Å². The quantitative estimate of drug-likeness (QED) is 0.140. The SMILES string of the molecule is Cc1cccc(-c2c(-c3ccc4ncc(-c5nc(Br)cs5)cc4c3)ncn2COCC[Si](C)(C)C)n1. The minimum absolute atomic E-state index is 0.445. The van der Waals surface area contributed by atoms with Gasteiger partial charge < -0.3 is 9.30 Å². The van der Waals surface area contributed by atoms with E-state index in [2.05, 4.69) is 68.3 Å². The standard InChI is InChI=1S/C27H28BrN5OSSi/c1-18-6-5-7-23(31-18)26-25(30-16-33(26)17-34-10-11-36(2,3)4)19-8-9-22-20(12-19)13-21(14-29-22)27-32-24(28)15-35-27/h5-9,12-16H,10-11,17H2,1-4H3. The Morgan fingerprint density at radius 2 is 1.86 bits per heavy atom. The summed E-state index contributed by atoms with van der Waals surface area (Å²) in [4.78, 5) is 18.8. The third-order valence-corrected chi connectivity index (χ3v) is 9.18. The summed E-state index contributed by atoms with van der Waals surface area (Å²) in [6, 6.07) is 15.6. The molecule has 0 atom stereocenters. The molecule has 0 aliphatic rings. The second-order valence-corrected chi connectivity index (χ2v) is 17.3. The third-order valence-electron chi connectivity index (χ3n) is 5.87. The van der Waals surface area contributed by atoms with E-state index in [9.17, 15) is 0 Å². The number of hydrogen-bond acceptors (Lipinski definition) is 6. The van der Waals surface area contributed by atoms with E-state index in [1.807, 2.05) is 49.1 Å². The zero-order valence-electron chi connectivity index (χ0n) is 20.8. The molecule has 0 N–H and O–H groups in total. The highest BCUT2D eigenvalue weighted by molar-refractivity contribution is 9.10. The average Bonchev–Trinajstić information content (AvgIpc) is 3.47. The van der Waals surface area contributed by atoms with E-state index < -0.39 is 8.07 Å². The predicted octanol–water partition coefficient (Wildman–Crippen LogP) is 7.67. The zero-order valence-corrected chi connectivity index (χ0v) is 24.2. The van der Waals surface area contributed by atoms with Crippen LogP contribution in [0.4, 0.5) is 0 Å². The number of benzene rings is 1. The number of fused-ring (bicyclic) bond motifs is 1. The fraction of sp³-hybridized carbons (Fsp3) is 0.259. The summed E-state index contributed by atoms with van der Waals surface area (Å²) < 4.78 is 8.98. The molecule has 4 aromatic heterocycles. The summed E-state index contributed by atoms with van der Waals surface area (Å²) >= 11 is 5.04. The number of rotatable bonds is 8. The average molecular weight is 579 g/mol.